The minimum atomic E-state index is 0.539. The summed E-state index contributed by atoms with van der Waals surface area (Å²) >= 11 is 0. The molecule has 0 aliphatic carbocycles. The summed E-state index contributed by atoms with van der Waals surface area (Å²) in [6, 6.07) is 2.66. The number of aromatic nitrogens is 1. The summed E-state index contributed by atoms with van der Waals surface area (Å²) in [5, 5.41) is 0. The molecule has 1 atom stereocenters. The Labute approximate surface area is 98.7 Å². The fraction of sp³-hybridized carbons (Fsp3) is 0.615. The SMILES string of the molecule is CCCC(C)N(C)c1cc(C)ncc1CN. The van der Waals surface area contributed by atoms with Crippen molar-refractivity contribution in [2.24, 2.45) is 5.73 Å². The van der Waals surface area contributed by atoms with Crippen LogP contribution in [0.4, 0.5) is 5.69 Å². The molecule has 0 saturated carbocycles. The van der Waals surface area contributed by atoms with Gasteiger partial charge in [0.2, 0.25) is 0 Å². The Morgan fingerprint density at radius 3 is 2.75 bits per heavy atom. The van der Waals surface area contributed by atoms with Gasteiger partial charge in [0.25, 0.3) is 0 Å². The van der Waals surface area contributed by atoms with Crippen molar-refractivity contribution in [3.05, 3.63) is 23.5 Å². The van der Waals surface area contributed by atoms with Crippen LogP contribution in [0.2, 0.25) is 0 Å². The molecule has 16 heavy (non-hydrogen) atoms. The van der Waals surface area contributed by atoms with Crippen LogP contribution < -0.4 is 10.6 Å². The molecule has 1 rings (SSSR count). The summed E-state index contributed by atoms with van der Waals surface area (Å²) < 4.78 is 0. The monoisotopic (exact) mass is 221 g/mol. The van der Waals surface area contributed by atoms with Gasteiger partial charge in [0.15, 0.2) is 0 Å². The van der Waals surface area contributed by atoms with Crippen molar-refractivity contribution in [1.29, 1.82) is 0 Å². The van der Waals surface area contributed by atoms with Crippen LogP contribution in [0.3, 0.4) is 0 Å². The van der Waals surface area contributed by atoms with Crippen molar-refractivity contribution in [1.82, 2.24) is 4.98 Å². The fourth-order valence-electron chi connectivity index (χ4n) is 1.91. The largest absolute Gasteiger partial charge is 0.372 e. The summed E-state index contributed by atoms with van der Waals surface area (Å²) in [4.78, 5) is 6.60. The zero-order valence-corrected chi connectivity index (χ0v) is 10.8. The molecule has 0 aliphatic rings. The summed E-state index contributed by atoms with van der Waals surface area (Å²) in [5.41, 5.74) is 9.13. The van der Waals surface area contributed by atoms with Gasteiger partial charge in [-0.1, -0.05) is 13.3 Å². The molecule has 3 heteroatoms. The minimum Gasteiger partial charge on any atom is -0.372 e. The van der Waals surface area contributed by atoms with Gasteiger partial charge in [0.1, 0.15) is 0 Å². The molecular formula is C13H23N3. The Balaban J connectivity index is 2.96. The molecule has 3 nitrogen and oxygen atoms in total. The van der Waals surface area contributed by atoms with Gasteiger partial charge >= 0.3 is 0 Å². The molecule has 0 spiro atoms. The van der Waals surface area contributed by atoms with Gasteiger partial charge in [0.05, 0.1) is 0 Å². The van der Waals surface area contributed by atoms with E-state index in [4.69, 9.17) is 5.73 Å². The molecule has 1 unspecified atom stereocenters. The van der Waals surface area contributed by atoms with E-state index < -0.39 is 0 Å². The highest BCUT2D eigenvalue weighted by Crippen LogP contribution is 2.22. The predicted molar refractivity (Wildman–Crippen MR) is 69.6 cm³/mol. The number of pyridine rings is 1. The molecule has 90 valence electrons. The molecule has 1 heterocycles. The second-order valence-corrected chi connectivity index (χ2v) is 4.41. The van der Waals surface area contributed by atoms with Crippen LogP contribution >= 0.6 is 0 Å². The van der Waals surface area contributed by atoms with Crippen molar-refractivity contribution < 1.29 is 0 Å². The van der Waals surface area contributed by atoms with Crippen molar-refractivity contribution in [3.63, 3.8) is 0 Å². The molecule has 0 bridgehead atoms. The Morgan fingerprint density at radius 2 is 2.19 bits per heavy atom. The fourth-order valence-corrected chi connectivity index (χ4v) is 1.91. The summed E-state index contributed by atoms with van der Waals surface area (Å²) in [6.45, 7) is 7.03. The van der Waals surface area contributed by atoms with Crippen LogP contribution in [-0.2, 0) is 6.54 Å². The van der Waals surface area contributed by atoms with E-state index in [2.05, 4.69) is 36.8 Å². The first-order valence-electron chi connectivity index (χ1n) is 5.98. The van der Waals surface area contributed by atoms with Gasteiger partial charge in [-0.15, -0.1) is 0 Å². The van der Waals surface area contributed by atoms with Crippen LogP contribution in [-0.4, -0.2) is 18.1 Å². The molecule has 2 N–H and O–H groups in total. The molecule has 0 fully saturated rings. The zero-order chi connectivity index (χ0) is 12.1. The van der Waals surface area contributed by atoms with Crippen LogP contribution in [0, 0.1) is 6.92 Å². The smallest absolute Gasteiger partial charge is 0.0445 e. The number of nitrogens with two attached hydrogens (primary N) is 1. The van der Waals surface area contributed by atoms with Crippen molar-refractivity contribution in [3.8, 4) is 0 Å². The Morgan fingerprint density at radius 1 is 1.50 bits per heavy atom. The molecular weight excluding hydrogens is 198 g/mol. The van der Waals surface area contributed by atoms with E-state index in [9.17, 15) is 0 Å². The lowest BCUT2D eigenvalue weighted by Crippen LogP contribution is -2.30. The Hall–Kier alpha value is -1.09. The number of aryl methyl sites for hydroxylation is 1. The lowest BCUT2D eigenvalue weighted by molar-refractivity contribution is 0.614. The molecule has 0 aliphatic heterocycles. The predicted octanol–water partition coefficient (Wildman–Crippen LogP) is 2.47. The van der Waals surface area contributed by atoms with Crippen LogP contribution in [0.15, 0.2) is 12.3 Å². The molecule has 0 radical (unpaired) electrons. The van der Waals surface area contributed by atoms with Gasteiger partial charge in [-0.3, -0.25) is 4.98 Å². The van der Waals surface area contributed by atoms with Crippen molar-refractivity contribution in [2.45, 2.75) is 46.2 Å². The van der Waals surface area contributed by atoms with E-state index in [1.54, 1.807) is 0 Å². The third-order valence-electron chi connectivity index (χ3n) is 3.07. The quantitative estimate of drug-likeness (QED) is 0.830. The highest BCUT2D eigenvalue weighted by atomic mass is 15.1. The standard InChI is InChI=1S/C13H23N3/c1-5-6-11(3)16(4)13-7-10(2)15-9-12(13)8-14/h7,9,11H,5-6,8,14H2,1-4H3. The van der Waals surface area contributed by atoms with E-state index >= 15 is 0 Å². The first-order chi connectivity index (χ1) is 7.60. The summed E-state index contributed by atoms with van der Waals surface area (Å²) in [7, 11) is 2.13. The van der Waals surface area contributed by atoms with Gasteiger partial charge < -0.3 is 10.6 Å². The number of hydrogen-bond donors (Lipinski definition) is 1. The number of rotatable bonds is 5. The number of anilines is 1. The maximum absolute atomic E-state index is 5.75. The van der Waals surface area contributed by atoms with Crippen molar-refractivity contribution in [2.75, 3.05) is 11.9 Å². The van der Waals surface area contributed by atoms with Crippen LogP contribution in [0.1, 0.15) is 37.9 Å². The normalized spacial score (nSPS) is 12.6. The average Bonchev–Trinajstić information content (AvgIpc) is 2.28. The molecule has 1 aromatic rings. The molecule has 0 amide bonds. The maximum Gasteiger partial charge on any atom is 0.0445 e. The first kappa shape index (κ1) is 13.0. The second-order valence-electron chi connectivity index (χ2n) is 4.41. The third kappa shape index (κ3) is 2.95. The molecule has 1 aromatic heterocycles. The average molecular weight is 221 g/mol. The topological polar surface area (TPSA) is 42.2 Å². The van der Waals surface area contributed by atoms with Gasteiger partial charge in [0, 0.05) is 42.8 Å². The zero-order valence-electron chi connectivity index (χ0n) is 10.8. The second kappa shape index (κ2) is 5.85. The van der Waals surface area contributed by atoms with Crippen LogP contribution in [0.5, 0.6) is 0 Å². The van der Waals surface area contributed by atoms with E-state index in [-0.39, 0.29) is 0 Å². The highest BCUT2D eigenvalue weighted by Gasteiger charge is 2.12. The molecule has 0 saturated heterocycles. The van der Waals surface area contributed by atoms with E-state index in [0.717, 1.165) is 11.3 Å². The third-order valence-corrected chi connectivity index (χ3v) is 3.07. The van der Waals surface area contributed by atoms with Crippen LogP contribution in [0.25, 0.3) is 0 Å². The number of hydrogen-bond acceptors (Lipinski definition) is 3. The van der Waals surface area contributed by atoms with Gasteiger partial charge in [-0.25, -0.2) is 0 Å². The first-order valence-corrected chi connectivity index (χ1v) is 5.98. The maximum atomic E-state index is 5.75. The van der Waals surface area contributed by atoms with E-state index in [1.807, 2.05) is 13.1 Å². The lowest BCUT2D eigenvalue weighted by Gasteiger charge is -2.28. The Bertz CT molecular complexity index is 336. The summed E-state index contributed by atoms with van der Waals surface area (Å²) in [6.07, 6.45) is 4.29. The van der Waals surface area contributed by atoms with Gasteiger partial charge in [-0.05, 0) is 26.3 Å². The number of nitrogens with zero attached hydrogens (tertiary/aromatic N) is 2. The van der Waals surface area contributed by atoms with E-state index in [1.165, 1.54) is 18.5 Å². The summed E-state index contributed by atoms with van der Waals surface area (Å²) in [5.74, 6) is 0. The minimum absolute atomic E-state index is 0.539. The lowest BCUT2D eigenvalue weighted by atomic mass is 10.1. The highest BCUT2D eigenvalue weighted by molar-refractivity contribution is 5.53. The molecule has 0 aromatic carbocycles. The van der Waals surface area contributed by atoms with Gasteiger partial charge in [-0.2, -0.15) is 0 Å². The van der Waals surface area contributed by atoms with Crippen molar-refractivity contribution >= 4 is 5.69 Å². The Kier molecular flexibility index (Phi) is 4.74. The van der Waals surface area contributed by atoms with E-state index in [0.29, 0.717) is 12.6 Å².